The molecule has 1 heterocycles. The molecule has 2 aromatic carbocycles. The SMILES string of the molecule is Cc1ccc(NC(C)C(=O)NCC2COc3ccccc3O2)cc1Cl. The normalized spacial score (nSPS) is 16.8. The third-order valence-corrected chi connectivity index (χ3v) is 4.43. The van der Waals surface area contributed by atoms with Crippen molar-refractivity contribution in [2.45, 2.75) is 26.0 Å². The first kappa shape index (κ1) is 17.4. The lowest BCUT2D eigenvalue weighted by atomic mass is 10.2. The van der Waals surface area contributed by atoms with Gasteiger partial charge in [0.1, 0.15) is 18.8 Å². The summed E-state index contributed by atoms with van der Waals surface area (Å²) >= 11 is 6.11. The van der Waals surface area contributed by atoms with Crippen LogP contribution in [-0.4, -0.2) is 31.2 Å². The highest BCUT2D eigenvalue weighted by Gasteiger charge is 2.22. The number of amides is 1. The second-order valence-corrected chi connectivity index (χ2v) is 6.48. The predicted octanol–water partition coefficient (Wildman–Crippen LogP) is 3.41. The standard InChI is InChI=1S/C19H21ClN2O3/c1-12-7-8-14(9-16(12)20)22-13(2)19(23)21-10-15-11-24-17-5-3-4-6-18(17)25-15/h3-9,13,15,22H,10-11H2,1-2H3,(H,21,23). The number of carbonyl (C=O) groups is 1. The summed E-state index contributed by atoms with van der Waals surface area (Å²) < 4.78 is 11.5. The first-order valence-electron chi connectivity index (χ1n) is 8.22. The van der Waals surface area contributed by atoms with Gasteiger partial charge < -0.3 is 20.1 Å². The van der Waals surface area contributed by atoms with Crippen molar-refractivity contribution in [2.24, 2.45) is 0 Å². The Morgan fingerprint density at radius 2 is 2.04 bits per heavy atom. The number of nitrogens with one attached hydrogen (secondary N) is 2. The first-order valence-corrected chi connectivity index (χ1v) is 8.59. The van der Waals surface area contributed by atoms with E-state index in [9.17, 15) is 4.79 Å². The molecule has 2 N–H and O–H groups in total. The van der Waals surface area contributed by atoms with Crippen molar-refractivity contribution in [3.8, 4) is 11.5 Å². The van der Waals surface area contributed by atoms with Crippen molar-refractivity contribution in [2.75, 3.05) is 18.5 Å². The Balaban J connectivity index is 1.50. The molecule has 0 saturated carbocycles. The Hall–Kier alpha value is -2.40. The Morgan fingerprint density at radius 1 is 1.28 bits per heavy atom. The number of rotatable bonds is 5. The van der Waals surface area contributed by atoms with Crippen LogP contribution in [0.2, 0.25) is 5.02 Å². The van der Waals surface area contributed by atoms with Crippen molar-refractivity contribution >= 4 is 23.2 Å². The summed E-state index contributed by atoms with van der Waals surface area (Å²) in [5, 5.41) is 6.70. The molecule has 2 aromatic rings. The molecular formula is C19H21ClN2O3. The van der Waals surface area contributed by atoms with Crippen LogP contribution in [0.1, 0.15) is 12.5 Å². The third kappa shape index (κ3) is 4.37. The van der Waals surface area contributed by atoms with Gasteiger partial charge in [-0.3, -0.25) is 4.79 Å². The number of anilines is 1. The van der Waals surface area contributed by atoms with Gasteiger partial charge in [-0.05, 0) is 43.7 Å². The molecule has 132 valence electrons. The smallest absolute Gasteiger partial charge is 0.242 e. The summed E-state index contributed by atoms with van der Waals surface area (Å²) in [6.45, 7) is 4.53. The van der Waals surface area contributed by atoms with Gasteiger partial charge in [-0.15, -0.1) is 0 Å². The molecule has 25 heavy (non-hydrogen) atoms. The lowest BCUT2D eigenvalue weighted by molar-refractivity contribution is -0.122. The molecule has 6 heteroatoms. The number of fused-ring (bicyclic) bond motifs is 1. The minimum atomic E-state index is -0.393. The summed E-state index contributed by atoms with van der Waals surface area (Å²) in [7, 11) is 0. The lowest BCUT2D eigenvalue weighted by Gasteiger charge is -2.27. The molecule has 1 aliphatic heterocycles. The Labute approximate surface area is 152 Å². The van der Waals surface area contributed by atoms with Gasteiger partial charge in [-0.2, -0.15) is 0 Å². The van der Waals surface area contributed by atoms with Gasteiger partial charge in [-0.1, -0.05) is 29.8 Å². The van der Waals surface area contributed by atoms with Crippen LogP contribution in [0.3, 0.4) is 0 Å². The lowest BCUT2D eigenvalue weighted by Crippen LogP contribution is -2.45. The molecular weight excluding hydrogens is 340 g/mol. The molecule has 3 rings (SSSR count). The molecule has 0 aromatic heterocycles. The van der Waals surface area contributed by atoms with Crippen LogP contribution in [0.25, 0.3) is 0 Å². The number of hydrogen-bond donors (Lipinski definition) is 2. The zero-order valence-corrected chi connectivity index (χ0v) is 15.0. The summed E-state index contributed by atoms with van der Waals surface area (Å²) in [5.41, 5.74) is 1.81. The van der Waals surface area contributed by atoms with E-state index in [0.29, 0.717) is 23.9 Å². The van der Waals surface area contributed by atoms with E-state index in [0.717, 1.165) is 17.0 Å². The Morgan fingerprint density at radius 3 is 2.80 bits per heavy atom. The van der Waals surface area contributed by atoms with Gasteiger partial charge in [0, 0.05) is 10.7 Å². The maximum Gasteiger partial charge on any atom is 0.242 e. The second kappa shape index (κ2) is 7.66. The fourth-order valence-electron chi connectivity index (χ4n) is 2.53. The Bertz CT molecular complexity index is 766. The second-order valence-electron chi connectivity index (χ2n) is 6.07. The van der Waals surface area contributed by atoms with Crippen molar-refractivity contribution < 1.29 is 14.3 Å². The summed E-state index contributed by atoms with van der Waals surface area (Å²) in [5.74, 6) is 1.32. The highest BCUT2D eigenvalue weighted by Crippen LogP contribution is 2.30. The molecule has 0 aliphatic carbocycles. The number of hydrogen-bond acceptors (Lipinski definition) is 4. The molecule has 1 amide bonds. The van der Waals surface area contributed by atoms with E-state index < -0.39 is 6.04 Å². The van der Waals surface area contributed by atoms with E-state index in [1.807, 2.05) is 49.4 Å². The van der Waals surface area contributed by atoms with Crippen LogP contribution < -0.4 is 20.1 Å². The molecule has 2 atom stereocenters. The minimum Gasteiger partial charge on any atom is -0.486 e. The number of ether oxygens (including phenoxy) is 2. The van der Waals surface area contributed by atoms with Crippen molar-refractivity contribution in [1.82, 2.24) is 5.32 Å². The summed E-state index contributed by atoms with van der Waals surface area (Å²) in [4.78, 5) is 12.3. The maximum absolute atomic E-state index is 12.3. The van der Waals surface area contributed by atoms with Crippen LogP contribution in [0.4, 0.5) is 5.69 Å². The summed E-state index contributed by atoms with van der Waals surface area (Å²) in [6, 6.07) is 12.7. The van der Waals surface area contributed by atoms with E-state index in [-0.39, 0.29) is 12.0 Å². The maximum atomic E-state index is 12.3. The molecule has 0 saturated heterocycles. The van der Waals surface area contributed by atoms with E-state index in [1.165, 1.54) is 0 Å². The highest BCUT2D eigenvalue weighted by molar-refractivity contribution is 6.31. The minimum absolute atomic E-state index is 0.112. The fraction of sp³-hybridized carbons (Fsp3) is 0.316. The molecule has 1 aliphatic rings. The highest BCUT2D eigenvalue weighted by atomic mass is 35.5. The summed E-state index contributed by atoms with van der Waals surface area (Å²) in [6.07, 6.45) is -0.208. The van der Waals surface area contributed by atoms with Crippen molar-refractivity contribution in [3.05, 3.63) is 53.1 Å². The van der Waals surface area contributed by atoms with Gasteiger partial charge in [0.25, 0.3) is 0 Å². The van der Waals surface area contributed by atoms with E-state index in [4.69, 9.17) is 21.1 Å². The van der Waals surface area contributed by atoms with E-state index in [1.54, 1.807) is 6.92 Å². The van der Waals surface area contributed by atoms with Gasteiger partial charge in [0.05, 0.1) is 6.54 Å². The largest absolute Gasteiger partial charge is 0.486 e. The number of para-hydroxylation sites is 2. The average molecular weight is 361 g/mol. The van der Waals surface area contributed by atoms with Crippen molar-refractivity contribution in [1.29, 1.82) is 0 Å². The van der Waals surface area contributed by atoms with Gasteiger partial charge >= 0.3 is 0 Å². The number of carbonyl (C=O) groups excluding carboxylic acids is 1. The van der Waals surface area contributed by atoms with Crippen LogP contribution in [0, 0.1) is 6.92 Å². The van der Waals surface area contributed by atoms with Crippen LogP contribution in [-0.2, 0) is 4.79 Å². The van der Waals surface area contributed by atoms with Crippen LogP contribution in [0.5, 0.6) is 11.5 Å². The topological polar surface area (TPSA) is 59.6 Å². The monoisotopic (exact) mass is 360 g/mol. The molecule has 2 unspecified atom stereocenters. The predicted molar refractivity (Wildman–Crippen MR) is 98.6 cm³/mol. The number of halogens is 1. The first-order chi connectivity index (χ1) is 12.0. The number of benzene rings is 2. The fourth-order valence-corrected chi connectivity index (χ4v) is 2.71. The molecule has 5 nitrogen and oxygen atoms in total. The molecule has 0 radical (unpaired) electrons. The number of aryl methyl sites for hydroxylation is 1. The average Bonchev–Trinajstić information content (AvgIpc) is 2.62. The van der Waals surface area contributed by atoms with Gasteiger partial charge in [0.2, 0.25) is 5.91 Å². The van der Waals surface area contributed by atoms with E-state index >= 15 is 0 Å². The quantitative estimate of drug-likeness (QED) is 0.858. The zero-order chi connectivity index (χ0) is 17.8. The van der Waals surface area contributed by atoms with Crippen LogP contribution in [0.15, 0.2) is 42.5 Å². The molecule has 0 fully saturated rings. The Kier molecular flexibility index (Phi) is 5.34. The molecule has 0 spiro atoms. The van der Waals surface area contributed by atoms with E-state index in [2.05, 4.69) is 10.6 Å². The van der Waals surface area contributed by atoms with Crippen molar-refractivity contribution in [3.63, 3.8) is 0 Å². The van der Waals surface area contributed by atoms with Gasteiger partial charge in [-0.25, -0.2) is 0 Å². The van der Waals surface area contributed by atoms with Gasteiger partial charge in [0.15, 0.2) is 11.5 Å². The van der Waals surface area contributed by atoms with Crippen LogP contribution >= 0.6 is 11.6 Å². The molecule has 0 bridgehead atoms. The zero-order valence-electron chi connectivity index (χ0n) is 14.2. The third-order valence-electron chi connectivity index (χ3n) is 4.02.